The zero-order chi connectivity index (χ0) is 19.9. The minimum Gasteiger partial charge on any atom is -0.337 e. The Kier molecular flexibility index (Phi) is 6.70. The number of aromatic nitrogens is 1. The van der Waals surface area contributed by atoms with Gasteiger partial charge in [0.15, 0.2) is 0 Å². The molecule has 5 heteroatoms. The molecule has 4 rings (SSSR count). The predicted molar refractivity (Wildman–Crippen MR) is 119 cm³/mol. The maximum absolute atomic E-state index is 13.0. The number of nitrogens with zero attached hydrogens (tertiary/aromatic N) is 3. The fourth-order valence-corrected chi connectivity index (χ4v) is 4.68. The van der Waals surface area contributed by atoms with Gasteiger partial charge >= 0.3 is 0 Å². The summed E-state index contributed by atoms with van der Waals surface area (Å²) in [6.45, 7) is 4.73. The van der Waals surface area contributed by atoms with Crippen LogP contribution in [0.1, 0.15) is 28.1 Å². The topological polar surface area (TPSA) is 36.4 Å². The van der Waals surface area contributed by atoms with Crippen LogP contribution in [0.15, 0.2) is 66.9 Å². The molecule has 1 fully saturated rings. The maximum Gasteiger partial charge on any atom is 0.265 e. The zero-order valence-corrected chi connectivity index (χ0v) is 17.5. The van der Waals surface area contributed by atoms with E-state index in [-0.39, 0.29) is 5.91 Å². The van der Waals surface area contributed by atoms with E-state index in [4.69, 9.17) is 0 Å². The van der Waals surface area contributed by atoms with Crippen molar-refractivity contribution in [1.82, 2.24) is 14.8 Å². The first-order valence-corrected chi connectivity index (χ1v) is 11.2. The summed E-state index contributed by atoms with van der Waals surface area (Å²) in [4.78, 5) is 22.7. The number of thiazole rings is 1. The Balaban J connectivity index is 1.29. The van der Waals surface area contributed by atoms with Crippen LogP contribution in [0.4, 0.5) is 0 Å². The summed E-state index contributed by atoms with van der Waals surface area (Å²) in [5.41, 5.74) is 2.47. The molecule has 1 amide bonds. The van der Waals surface area contributed by atoms with Crippen molar-refractivity contribution in [1.29, 1.82) is 0 Å². The lowest BCUT2D eigenvalue weighted by molar-refractivity contribution is 0.0766. The zero-order valence-electron chi connectivity index (χ0n) is 16.7. The highest BCUT2D eigenvalue weighted by atomic mass is 32.1. The van der Waals surface area contributed by atoms with Gasteiger partial charge in [-0.05, 0) is 37.9 Å². The molecule has 2 aromatic carbocycles. The fourth-order valence-electron chi connectivity index (χ4n) is 3.79. The van der Waals surface area contributed by atoms with Gasteiger partial charge < -0.3 is 9.80 Å². The third kappa shape index (κ3) is 5.31. The van der Waals surface area contributed by atoms with Crippen LogP contribution in [0.2, 0.25) is 0 Å². The Hall–Kier alpha value is -2.50. The molecule has 29 heavy (non-hydrogen) atoms. The van der Waals surface area contributed by atoms with E-state index < -0.39 is 0 Å². The molecule has 2 heterocycles. The van der Waals surface area contributed by atoms with Crippen molar-refractivity contribution in [2.75, 3.05) is 32.7 Å². The second kappa shape index (κ2) is 9.81. The van der Waals surface area contributed by atoms with Crippen molar-refractivity contribution in [2.45, 2.75) is 19.3 Å². The summed E-state index contributed by atoms with van der Waals surface area (Å²) in [6, 6.07) is 20.7. The monoisotopic (exact) mass is 405 g/mol. The molecule has 0 atom stereocenters. The number of carbonyl (C=O) groups is 1. The molecular weight excluding hydrogens is 378 g/mol. The van der Waals surface area contributed by atoms with E-state index in [0.717, 1.165) is 67.4 Å². The molecular formula is C24H27N3OS. The van der Waals surface area contributed by atoms with Gasteiger partial charge in [-0.1, -0.05) is 60.7 Å². The molecule has 0 unspecified atom stereocenters. The Morgan fingerprint density at radius 3 is 2.48 bits per heavy atom. The average Bonchev–Trinajstić information content (AvgIpc) is 3.15. The lowest BCUT2D eigenvalue weighted by Gasteiger charge is -2.21. The van der Waals surface area contributed by atoms with Gasteiger partial charge in [0.1, 0.15) is 9.88 Å². The molecule has 0 saturated carbocycles. The second-order valence-corrected chi connectivity index (χ2v) is 8.50. The minimum atomic E-state index is 0.121. The SMILES string of the molecule is O=C(c1cnc(-c2ccccc2)s1)N1CCCN(CCCc2ccccc2)CC1. The molecule has 0 bridgehead atoms. The van der Waals surface area contributed by atoms with Gasteiger partial charge in [0.25, 0.3) is 5.91 Å². The summed E-state index contributed by atoms with van der Waals surface area (Å²) >= 11 is 1.49. The molecule has 0 aliphatic carbocycles. The van der Waals surface area contributed by atoms with Gasteiger partial charge in [0.05, 0.1) is 6.20 Å². The second-order valence-electron chi connectivity index (χ2n) is 7.47. The Morgan fingerprint density at radius 2 is 1.69 bits per heavy atom. The standard InChI is InChI=1S/C24H27N3OS/c28-24(22-19-25-23(29-22)21-12-5-2-6-13-21)27-16-8-15-26(17-18-27)14-7-11-20-9-3-1-4-10-20/h1-6,9-10,12-13,19H,7-8,11,14-18H2. The van der Waals surface area contributed by atoms with E-state index >= 15 is 0 Å². The van der Waals surface area contributed by atoms with Crippen molar-refractivity contribution in [3.63, 3.8) is 0 Å². The lowest BCUT2D eigenvalue weighted by Crippen LogP contribution is -2.35. The molecule has 0 spiro atoms. The van der Waals surface area contributed by atoms with Crippen LogP contribution in [0.3, 0.4) is 0 Å². The fraction of sp³-hybridized carbons (Fsp3) is 0.333. The Labute approximate surface area is 176 Å². The van der Waals surface area contributed by atoms with E-state index in [1.807, 2.05) is 35.2 Å². The molecule has 0 N–H and O–H groups in total. The normalized spacial score (nSPS) is 15.2. The third-order valence-electron chi connectivity index (χ3n) is 5.40. The van der Waals surface area contributed by atoms with Crippen LogP contribution in [-0.4, -0.2) is 53.4 Å². The smallest absolute Gasteiger partial charge is 0.265 e. The van der Waals surface area contributed by atoms with Crippen molar-refractivity contribution in [3.05, 3.63) is 77.3 Å². The van der Waals surface area contributed by atoms with Crippen LogP contribution in [-0.2, 0) is 6.42 Å². The van der Waals surface area contributed by atoms with Gasteiger partial charge in [0, 0.05) is 25.2 Å². The van der Waals surface area contributed by atoms with Crippen LogP contribution in [0.5, 0.6) is 0 Å². The number of aryl methyl sites for hydroxylation is 1. The van der Waals surface area contributed by atoms with E-state index in [2.05, 4.69) is 40.2 Å². The number of amides is 1. The highest BCUT2D eigenvalue weighted by Gasteiger charge is 2.22. The van der Waals surface area contributed by atoms with Crippen molar-refractivity contribution in [3.8, 4) is 10.6 Å². The summed E-state index contributed by atoms with van der Waals surface area (Å²) in [7, 11) is 0. The molecule has 1 aromatic heterocycles. The predicted octanol–water partition coefficient (Wildman–Crippen LogP) is 4.59. The first kappa shape index (κ1) is 19.8. The average molecular weight is 406 g/mol. The lowest BCUT2D eigenvalue weighted by atomic mass is 10.1. The summed E-state index contributed by atoms with van der Waals surface area (Å²) in [5.74, 6) is 0.121. The quantitative estimate of drug-likeness (QED) is 0.602. The van der Waals surface area contributed by atoms with Crippen molar-refractivity contribution >= 4 is 17.2 Å². The minimum absolute atomic E-state index is 0.121. The first-order chi connectivity index (χ1) is 14.3. The largest absolute Gasteiger partial charge is 0.337 e. The number of hydrogen-bond donors (Lipinski definition) is 0. The van der Waals surface area contributed by atoms with E-state index in [9.17, 15) is 4.79 Å². The van der Waals surface area contributed by atoms with Gasteiger partial charge in [-0.25, -0.2) is 4.98 Å². The summed E-state index contributed by atoms with van der Waals surface area (Å²) in [5, 5.41) is 0.909. The Bertz CT molecular complexity index is 910. The molecule has 1 aliphatic heterocycles. The number of hydrogen-bond acceptors (Lipinski definition) is 4. The third-order valence-corrected chi connectivity index (χ3v) is 6.43. The van der Waals surface area contributed by atoms with Crippen LogP contribution in [0, 0.1) is 0 Å². The maximum atomic E-state index is 13.0. The molecule has 1 aliphatic rings. The number of carbonyl (C=O) groups excluding carboxylic acids is 1. The van der Waals surface area contributed by atoms with E-state index in [1.165, 1.54) is 16.9 Å². The summed E-state index contributed by atoms with van der Waals surface area (Å²) < 4.78 is 0. The highest BCUT2D eigenvalue weighted by Crippen LogP contribution is 2.26. The first-order valence-electron chi connectivity index (χ1n) is 10.4. The van der Waals surface area contributed by atoms with E-state index in [0.29, 0.717) is 0 Å². The molecule has 3 aromatic rings. The highest BCUT2D eigenvalue weighted by molar-refractivity contribution is 7.16. The van der Waals surface area contributed by atoms with Gasteiger partial charge in [0.2, 0.25) is 0 Å². The number of benzene rings is 2. The molecule has 0 radical (unpaired) electrons. The number of rotatable bonds is 6. The van der Waals surface area contributed by atoms with Crippen LogP contribution in [0.25, 0.3) is 10.6 Å². The van der Waals surface area contributed by atoms with Gasteiger partial charge in [-0.3, -0.25) is 4.79 Å². The Morgan fingerprint density at radius 1 is 0.931 bits per heavy atom. The summed E-state index contributed by atoms with van der Waals surface area (Å²) in [6.07, 6.45) is 5.04. The molecule has 4 nitrogen and oxygen atoms in total. The van der Waals surface area contributed by atoms with Crippen molar-refractivity contribution < 1.29 is 4.79 Å². The van der Waals surface area contributed by atoms with Crippen molar-refractivity contribution in [2.24, 2.45) is 0 Å². The molecule has 1 saturated heterocycles. The van der Waals surface area contributed by atoms with Crippen LogP contribution < -0.4 is 0 Å². The van der Waals surface area contributed by atoms with Gasteiger partial charge in [-0.15, -0.1) is 11.3 Å². The van der Waals surface area contributed by atoms with Gasteiger partial charge in [-0.2, -0.15) is 0 Å². The van der Waals surface area contributed by atoms with E-state index in [1.54, 1.807) is 6.20 Å². The molecule has 150 valence electrons. The van der Waals surface area contributed by atoms with Crippen LogP contribution >= 0.6 is 11.3 Å².